The van der Waals surface area contributed by atoms with E-state index >= 15 is 0 Å². The molecule has 0 aromatic carbocycles. The summed E-state index contributed by atoms with van der Waals surface area (Å²) in [6, 6.07) is 4.15. The van der Waals surface area contributed by atoms with E-state index in [2.05, 4.69) is 15.5 Å². The molecule has 0 spiro atoms. The lowest BCUT2D eigenvalue weighted by Gasteiger charge is -2.35. The number of hydrogen-bond acceptors (Lipinski definition) is 4. The monoisotopic (exact) mass is 223 g/mol. The van der Waals surface area contributed by atoms with Gasteiger partial charge in [-0.1, -0.05) is 0 Å². The van der Waals surface area contributed by atoms with Crippen molar-refractivity contribution in [2.45, 2.75) is 12.6 Å². The number of carbonyl (C=O) groups is 1. The van der Waals surface area contributed by atoms with E-state index in [4.69, 9.17) is 4.42 Å². The molecule has 0 aliphatic carbocycles. The summed E-state index contributed by atoms with van der Waals surface area (Å²) < 4.78 is 5.13. The van der Waals surface area contributed by atoms with Gasteiger partial charge in [0, 0.05) is 19.1 Å². The Bertz CT molecular complexity index is 333. The third-order valence-electron chi connectivity index (χ3n) is 2.82. The van der Waals surface area contributed by atoms with Crippen LogP contribution in [-0.4, -0.2) is 43.5 Å². The summed E-state index contributed by atoms with van der Waals surface area (Å²) >= 11 is 0. The van der Waals surface area contributed by atoms with Gasteiger partial charge >= 0.3 is 0 Å². The van der Waals surface area contributed by atoms with Crippen molar-refractivity contribution in [3.05, 3.63) is 24.2 Å². The van der Waals surface area contributed by atoms with E-state index in [1.54, 1.807) is 6.26 Å². The molecule has 1 aliphatic heterocycles. The summed E-state index contributed by atoms with van der Waals surface area (Å²) in [5, 5.41) is 6.01. The molecular weight excluding hydrogens is 206 g/mol. The van der Waals surface area contributed by atoms with E-state index in [1.165, 1.54) is 0 Å². The first-order valence-electron chi connectivity index (χ1n) is 5.46. The Hall–Kier alpha value is -1.33. The number of nitrogens with one attached hydrogen (secondary N) is 2. The van der Waals surface area contributed by atoms with E-state index in [-0.39, 0.29) is 5.91 Å². The van der Waals surface area contributed by atoms with Crippen LogP contribution in [0.3, 0.4) is 0 Å². The van der Waals surface area contributed by atoms with Crippen molar-refractivity contribution in [1.82, 2.24) is 15.5 Å². The van der Waals surface area contributed by atoms with Crippen molar-refractivity contribution < 1.29 is 9.21 Å². The molecule has 5 nitrogen and oxygen atoms in total. The van der Waals surface area contributed by atoms with Gasteiger partial charge in [-0.3, -0.25) is 9.69 Å². The maximum atomic E-state index is 11.6. The zero-order chi connectivity index (χ0) is 11.4. The molecule has 88 valence electrons. The second-order valence-electron chi connectivity index (χ2n) is 4.08. The average molecular weight is 223 g/mol. The second kappa shape index (κ2) is 5.14. The third-order valence-corrected chi connectivity index (χ3v) is 2.82. The molecule has 2 N–H and O–H groups in total. The molecule has 0 bridgehead atoms. The van der Waals surface area contributed by atoms with Crippen molar-refractivity contribution in [2.75, 3.05) is 26.7 Å². The Morgan fingerprint density at radius 2 is 2.50 bits per heavy atom. The van der Waals surface area contributed by atoms with Crippen LogP contribution >= 0.6 is 0 Å². The Labute approximate surface area is 94.8 Å². The van der Waals surface area contributed by atoms with Gasteiger partial charge in [0.1, 0.15) is 5.76 Å². The molecule has 2 rings (SSSR count). The van der Waals surface area contributed by atoms with Gasteiger partial charge in [0.15, 0.2) is 0 Å². The first kappa shape index (κ1) is 11.2. The van der Waals surface area contributed by atoms with Crippen molar-refractivity contribution in [3.8, 4) is 0 Å². The molecule has 1 saturated heterocycles. The predicted octanol–water partition coefficient (Wildman–Crippen LogP) is -0.201. The fraction of sp³-hybridized carbons (Fsp3) is 0.545. The van der Waals surface area contributed by atoms with Crippen molar-refractivity contribution >= 4 is 5.91 Å². The highest BCUT2D eigenvalue weighted by atomic mass is 16.3. The lowest BCUT2D eigenvalue weighted by Crippen LogP contribution is -2.57. The first-order valence-corrected chi connectivity index (χ1v) is 5.46. The molecule has 5 heteroatoms. The Balaban J connectivity index is 1.67. The number of carbonyl (C=O) groups excluding carboxylic acids is 1. The highest BCUT2D eigenvalue weighted by Crippen LogP contribution is 2.01. The summed E-state index contributed by atoms with van der Waals surface area (Å²) in [5.41, 5.74) is 0. The quantitative estimate of drug-likeness (QED) is 0.726. The number of furan rings is 1. The lowest BCUT2D eigenvalue weighted by molar-refractivity contribution is -0.122. The Morgan fingerprint density at radius 1 is 1.69 bits per heavy atom. The van der Waals surface area contributed by atoms with E-state index in [1.807, 2.05) is 19.2 Å². The summed E-state index contributed by atoms with van der Waals surface area (Å²) in [6.45, 7) is 2.85. The summed E-state index contributed by atoms with van der Waals surface area (Å²) in [6.07, 6.45) is 1.60. The molecule has 0 radical (unpaired) electrons. The van der Waals surface area contributed by atoms with Crippen LogP contribution in [0.1, 0.15) is 5.76 Å². The molecule has 1 amide bonds. The van der Waals surface area contributed by atoms with Crippen LogP contribution < -0.4 is 10.6 Å². The highest BCUT2D eigenvalue weighted by molar-refractivity contribution is 5.77. The standard InChI is InChI=1S/C11H17N3O2/c1-14(9-5-12-6-9)8-11(15)13-7-10-3-2-4-16-10/h2-4,9,12H,5-8H2,1H3,(H,13,15). The van der Waals surface area contributed by atoms with E-state index in [0.29, 0.717) is 19.1 Å². The van der Waals surface area contributed by atoms with Gasteiger partial charge in [-0.15, -0.1) is 0 Å². The van der Waals surface area contributed by atoms with Gasteiger partial charge in [0.25, 0.3) is 0 Å². The summed E-state index contributed by atoms with van der Waals surface area (Å²) in [5.74, 6) is 0.812. The minimum absolute atomic E-state index is 0.0331. The number of likely N-dealkylation sites (N-methyl/N-ethyl adjacent to an activating group) is 1. The zero-order valence-corrected chi connectivity index (χ0v) is 9.40. The lowest BCUT2D eigenvalue weighted by atomic mass is 10.1. The molecule has 1 aromatic rings. The van der Waals surface area contributed by atoms with Gasteiger partial charge in [0.05, 0.1) is 19.4 Å². The van der Waals surface area contributed by atoms with Crippen molar-refractivity contribution in [1.29, 1.82) is 0 Å². The topological polar surface area (TPSA) is 57.5 Å². The maximum absolute atomic E-state index is 11.6. The van der Waals surface area contributed by atoms with Crippen LogP contribution in [-0.2, 0) is 11.3 Å². The Kier molecular flexibility index (Phi) is 3.58. The summed E-state index contributed by atoms with van der Waals surface area (Å²) in [7, 11) is 1.97. The normalized spacial score (nSPS) is 16.1. The number of nitrogens with zero attached hydrogens (tertiary/aromatic N) is 1. The smallest absolute Gasteiger partial charge is 0.234 e. The van der Waals surface area contributed by atoms with Crippen LogP contribution in [0, 0.1) is 0 Å². The van der Waals surface area contributed by atoms with Crippen LogP contribution in [0.25, 0.3) is 0 Å². The van der Waals surface area contributed by atoms with E-state index < -0.39 is 0 Å². The predicted molar refractivity (Wildman–Crippen MR) is 59.8 cm³/mol. The second-order valence-corrected chi connectivity index (χ2v) is 4.08. The first-order chi connectivity index (χ1) is 7.75. The van der Waals surface area contributed by atoms with Crippen LogP contribution in [0.2, 0.25) is 0 Å². The highest BCUT2D eigenvalue weighted by Gasteiger charge is 2.22. The SMILES string of the molecule is CN(CC(=O)NCc1ccco1)C1CNC1. The van der Waals surface area contributed by atoms with Crippen molar-refractivity contribution in [3.63, 3.8) is 0 Å². The minimum atomic E-state index is 0.0331. The molecular formula is C11H17N3O2. The molecule has 0 unspecified atom stereocenters. The molecule has 0 saturated carbocycles. The van der Waals surface area contributed by atoms with Crippen LogP contribution in [0.15, 0.2) is 22.8 Å². The van der Waals surface area contributed by atoms with Gasteiger partial charge in [-0.05, 0) is 19.2 Å². The van der Waals surface area contributed by atoms with Crippen LogP contribution in [0.4, 0.5) is 0 Å². The van der Waals surface area contributed by atoms with Gasteiger partial charge in [0.2, 0.25) is 5.91 Å². The zero-order valence-electron chi connectivity index (χ0n) is 9.40. The molecule has 2 heterocycles. The van der Waals surface area contributed by atoms with E-state index in [0.717, 1.165) is 18.8 Å². The fourth-order valence-corrected chi connectivity index (χ4v) is 1.60. The van der Waals surface area contributed by atoms with Gasteiger partial charge in [-0.2, -0.15) is 0 Å². The number of rotatable bonds is 5. The molecule has 1 aromatic heterocycles. The van der Waals surface area contributed by atoms with Gasteiger partial charge < -0.3 is 15.1 Å². The number of hydrogen-bond donors (Lipinski definition) is 2. The van der Waals surface area contributed by atoms with E-state index in [9.17, 15) is 4.79 Å². The third kappa shape index (κ3) is 2.84. The molecule has 0 atom stereocenters. The fourth-order valence-electron chi connectivity index (χ4n) is 1.60. The number of amides is 1. The summed E-state index contributed by atoms with van der Waals surface area (Å²) in [4.78, 5) is 13.6. The molecule has 16 heavy (non-hydrogen) atoms. The minimum Gasteiger partial charge on any atom is -0.467 e. The Morgan fingerprint density at radius 3 is 3.06 bits per heavy atom. The maximum Gasteiger partial charge on any atom is 0.234 e. The average Bonchev–Trinajstić information content (AvgIpc) is 2.63. The van der Waals surface area contributed by atoms with Gasteiger partial charge in [-0.25, -0.2) is 0 Å². The van der Waals surface area contributed by atoms with Crippen molar-refractivity contribution in [2.24, 2.45) is 0 Å². The van der Waals surface area contributed by atoms with Crippen LogP contribution in [0.5, 0.6) is 0 Å². The molecule has 1 fully saturated rings. The molecule has 1 aliphatic rings. The largest absolute Gasteiger partial charge is 0.467 e.